The van der Waals surface area contributed by atoms with Gasteiger partial charge in [-0.3, -0.25) is 0 Å². The Morgan fingerprint density at radius 3 is 2.10 bits per heavy atom. The number of benzene rings is 2. The van der Waals surface area contributed by atoms with E-state index in [0.717, 1.165) is 22.6 Å². The van der Waals surface area contributed by atoms with Crippen LogP contribution in [0.5, 0.6) is 11.5 Å². The van der Waals surface area contributed by atoms with E-state index in [1.165, 1.54) is 0 Å². The van der Waals surface area contributed by atoms with Gasteiger partial charge < -0.3 is 15.2 Å². The van der Waals surface area contributed by atoms with Crippen molar-refractivity contribution in [1.29, 1.82) is 0 Å². The van der Waals surface area contributed by atoms with Gasteiger partial charge in [-0.15, -0.1) is 12.4 Å². The number of hydrogen-bond donors (Lipinski definition) is 1. The third-order valence-electron chi connectivity index (χ3n) is 3.17. The minimum atomic E-state index is -0.118. The molecule has 2 aromatic carbocycles. The third-order valence-corrected chi connectivity index (χ3v) is 3.17. The molecule has 2 aromatic rings. The van der Waals surface area contributed by atoms with E-state index in [1.807, 2.05) is 48.5 Å². The Balaban J connectivity index is 0.00000200. The Kier molecular flexibility index (Phi) is 6.36. The second kappa shape index (κ2) is 7.78. The van der Waals surface area contributed by atoms with Gasteiger partial charge in [0.15, 0.2) is 0 Å². The van der Waals surface area contributed by atoms with Crippen LogP contribution < -0.4 is 15.2 Å². The molecule has 0 aliphatic rings. The molecule has 1 unspecified atom stereocenters. The fraction of sp³-hybridized carbons (Fsp3) is 0.250. The van der Waals surface area contributed by atoms with Crippen LogP contribution in [0.2, 0.25) is 0 Å². The first kappa shape index (κ1) is 16.3. The summed E-state index contributed by atoms with van der Waals surface area (Å²) in [5.74, 6) is 1.69. The Hall–Kier alpha value is -1.71. The number of rotatable bonds is 5. The molecule has 0 amide bonds. The van der Waals surface area contributed by atoms with E-state index < -0.39 is 0 Å². The van der Waals surface area contributed by atoms with Gasteiger partial charge in [0, 0.05) is 11.6 Å². The average Bonchev–Trinajstić information content (AvgIpc) is 2.47. The van der Waals surface area contributed by atoms with E-state index >= 15 is 0 Å². The van der Waals surface area contributed by atoms with Crippen LogP contribution in [0.3, 0.4) is 0 Å². The molecular weight excluding hydrogens is 274 g/mol. The van der Waals surface area contributed by atoms with Gasteiger partial charge in [0.25, 0.3) is 0 Å². The molecule has 0 radical (unpaired) electrons. The number of hydrogen-bond acceptors (Lipinski definition) is 3. The van der Waals surface area contributed by atoms with E-state index in [9.17, 15) is 0 Å². The zero-order valence-corrected chi connectivity index (χ0v) is 12.5. The lowest BCUT2D eigenvalue weighted by Gasteiger charge is -2.17. The normalized spacial score (nSPS) is 11.3. The van der Waals surface area contributed by atoms with Crippen LogP contribution in [0.4, 0.5) is 0 Å². The summed E-state index contributed by atoms with van der Waals surface area (Å²) < 4.78 is 10.7. The smallest absolute Gasteiger partial charge is 0.123 e. The maximum Gasteiger partial charge on any atom is 0.123 e. The quantitative estimate of drug-likeness (QED) is 0.919. The second-order valence-electron chi connectivity index (χ2n) is 4.36. The van der Waals surface area contributed by atoms with Crippen LogP contribution >= 0.6 is 12.4 Å². The third kappa shape index (κ3) is 3.65. The van der Waals surface area contributed by atoms with Crippen LogP contribution in [0.1, 0.15) is 17.2 Å². The van der Waals surface area contributed by atoms with Gasteiger partial charge in [0.2, 0.25) is 0 Å². The standard InChI is InChI=1S/C16H19NO2.ClH/c1-18-15-9-5-3-7-12(15)11-14(17)13-8-4-6-10-16(13)19-2;/h3-10,14H,11,17H2,1-2H3;1H. The van der Waals surface area contributed by atoms with Crippen molar-refractivity contribution in [1.82, 2.24) is 0 Å². The lowest BCUT2D eigenvalue weighted by molar-refractivity contribution is 0.401. The number of ether oxygens (including phenoxy) is 2. The van der Waals surface area contributed by atoms with Crippen molar-refractivity contribution in [2.24, 2.45) is 5.73 Å². The van der Waals surface area contributed by atoms with Crippen molar-refractivity contribution in [2.45, 2.75) is 12.5 Å². The number of para-hydroxylation sites is 2. The monoisotopic (exact) mass is 293 g/mol. The zero-order valence-electron chi connectivity index (χ0n) is 11.7. The Morgan fingerprint density at radius 1 is 0.900 bits per heavy atom. The molecule has 0 aromatic heterocycles. The topological polar surface area (TPSA) is 44.5 Å². The first-order valence-corrected chi connectivity index (χ1v) is 6.26. The van der Waals surface area contributed by atoms with Gasteiger partial charge in [-0.2, -0.15) is 0 Å². The van der Waals surface area contributed by atoms with Gasteiger partial charge in [0.1, 0.15) is 11.5 Å². The summed E-state index contributed by atoms with van der Waals surface area (Å²) >= 11 is 0. The van der Waals surface area contributed by atoms with Crippen LogP contribution in [0.15, 0.2) is 48.5 Å². The highest BCUT2D eigenvalue weighted by molar-refractivity contribution is 5.85. The first-order valence-electron chi connectivity index (χ1n) is 6.26. The fourth-order valence-corrected chi connectivity index (χ4v) is 2.19. The minimum Gasteiger partial charge on any atom is -0.496 e. The lowest BCUT2D eigenvalue weighted by Crippen LogP contribution is -2.14. The molecule has 4 heteroatoms. The summed E-state index contributed by atoms with van der Waals surface area (Å²) in [7, 11) is 3.34. The van der Waals surface area contributed by atoms with E-state index in [-0.39, 0.29) is 18.4 Å². The van der Waals surface area contributed by atoms with Crippen LogP contribution in [-0.4, -0.2) is 14.2 Å². The minimum absolute atomic E-state index is 0. The Morgan fingerprint density at radius 2 is 1.45 bits per heavy atom. The molecule has 0 bridgehead atoms. The van der Waals surface area contributed by atoms with Crippen molar-refractivity contribution in [2.75, 3.05) is 14.2 Å². The summed E-state index contributed by atoms with van der Waals surface area (Å²) in [5, 5.41) is 0. The molecule has 0 heterocycles. The predicted molar refractivity (Wildman–Crippen MR) is 83.9 cm³/mol. The molecule has 0 fully saturated rings. The van der Waals surface area contributed by atoms with Crippen molar-refractivity contribution in [3.8, 4) is 11.5 Å². The fourth-order valence-electron chi connectivity index (χ4n) is 2.19. The molecule has 108 valence electrons. The predicted octanol–water partition coefficient (Wildman–Crippen LogP) is 3.37. The first-order chi connectivity index (χ1) is 9.26. The molecule has 20 heavy (non-hydrogen) atoms. The largest absolute Gasteiger partial charge is 0.496 e. The van der Waals surface area contributed by atoms with Crippen molar-refractivity contribution in [3.63, 3.8) is 0 Å². The number of nitrogens with two attached hydrogens (primary N) is 1. The van der Waals surface area contributed by atoms with Gasteiger partial charge >= 0.3 is 0 Å². The molecule has 0 spiro atoms. The van der Waals surface area contributed by atoms with Crippen molar-refractivity contribution < 1.29 is 9.47 Å². The van der Waals surface area contributed by atoms with E-state index in [1.54, 1.807) is 14.2 Å². The number of halogens is 1. The van der Waals surface area contributed by atoms with Gasteiger partial charge in [0.05, 0.1) is 14.2 Å². The molecule has 0 aliphatic carbocycles. The van der Waals surface area contributed by atoms with E-state index in [4.69, 9.17) is 15.2 Å². The summed E-state index contributed by atoms with van der Waals surface area (Å²) in [6.07, 6.45) is 0.713. The van der Waals surface area contributed by atoms with E-state index in [2.05, 4.69) is 0 Å². The molecule has 0 saturated heterocycles. The summed E-state index contributed by atoms with van der Waals surface area (Å²) in [6, 6.07) is 15.7. The zero-order chi connectivity index (χ0) is 13.7. The summed E-state index contributed by atoms with van der Waals surface area (Å²) in [5.41, 5.74) is 8.40. The molecule has 0 saturated carbocycles. The molecule has 1 atom stereocenters. The Labute approximate surface area is 126 Å². The maximum absolute atomic E-state index is 6.29. The molecule has 2 rings (SSSR count). The van der Waals surface area contributed by atoms with Crippen molar-refractivity contribution >= 4 is 12.4 Å². The van der Waals surface area contributed by atoms with Crippen LogP contribution in [-0.2, 0) is 6.42 Å². The highest BCUT2D eigenvalue weighted by atomic mass is 35.5. The van der Waals surface area contributed by atoms with Gasteiger partial charge in [-0.25, -0.2) is 0 Å². The lowest BCUT2D eigenvalue weighted by atomic mass is 9.98. The summed E-state index contributed by atoms with van der Waals surface area (Å²) in [4.78, 5) is 0. The van der Waals surface area contributed by atoms with Crippen LogP contribution in [0, 0.1) is 0 Å². The van der Waals surface area contributed by atoms with Gasteiger partial charge in [-0.05, 0) is 24.1 Å². The second-order valence-corrected chi connectivity index (χ2v) is 4.36. The molecule has 3 nitrogen and oxygen atoms in total. The highest BCUT2D eigenvalue weighted by Gasteiger charge is 2.14. The SMILES string of the molecule is COc1ccccc1CC(N)c1ccccc1OC.Cl. The van der Waals surface area contributed by atoms with Crippen molar-refractivity contribution in [3.05, 3.63) is 59.7 Å². The number of methoxy groups -OCH3 is 2. The average molecular weight is 294 g/mol. The van der Waals surface area contributed by atoms with E-state index in [0.29, 0.717) is 6.42 Å². The summed E-state index contributed by atoms with van der Waals surface area (Å²) in [6.45, 7) is 0. The maximum atomic E-state index is 6.29. The molecule has 2 N–H and O–H groups in total. The molecule has 0 aliphatic heterocycles. The molecular formula is C16H20ClNO2. The van der Waals surface area contributed by atoms with Gasteiger partial charge in [-0.1, -0.05) is 36.4 Å². The van der Waals surface area contributed by atoms with Crippen LogP contribution in [0.25, 0.3) is 0 Å². The highest BCUT2D eigenvalue weighted by Crippen LogP contribution is 2.28. The Bertz CT molecular complexity index is 546.